The summed E-state index contributed by atoms with van der Waals surface area (Å²) in [6.07, 6.45) is 0.137. The van der Waals surface area contributed by atoms with E-state index in [1.54, 1.807) is 29.7 Å². The normalized spacial score (nSPS) is 10.7. The Bertz CT molecular complexity index is 1080. The number of rotatable bonds is 8. The summed E-state index contributed by atoms with van der Waals surface area (Å²) in [5.74, 6) is 1.01. The predicted octanol–water partition coefficient (Wildman–Crippen LogP) is 3.53. The summed E-state index contributed by atoms with van der Waals surface area (Å²) in [6, 6.07) is 12.7. The number of hydrogen-bond acceptors (Lipinski definition) is 5. The molecule has 152 valence electrons. The largest absolute Gasteiger partial charge is 0.494 e. The lowest BCUT2D eigenvalue weighted by molar-refractivity contribution is -0.116. The molecule has 3 aromatic rings. The van der Waals surface area contributed by atoms with E-state index in [1.807, 2.05) is 38.1 Å². The highest BCUT2D eigenvalue weighted by atomic mass is 16.5. The third kappa shape index (κ3) is 4.74. The molecule has 0 spiro atoms. The molecule has 0 fully saturated rings. The van der Waals surface area contributed by atoms with Crippen LogP contribution in [0.25, 0.3) is 11.0 Å². The van der Waals surface area contributed by atoms with Crippen LogP contribution < -0.4 is 20.3 Å². The van der Waals surface area contributed by atoms with E-state index in [2.05, 4.69) is 10.3 Å². The van der Waals surface area contributed by atoms with Gasteiger partial charge in [-0.25, -0.2) is 4.98 Å². The van der Waals surface area contributed by atoms with Gasteiger partial charge in [0.15, 0.2) is 0 Å². The van der Waals surface area contributed by atoms with Crippen molar-refractivity contribution in [2.24, 2.45) is 0 Å². The zero-order valence-corrected chi connectivity index (χ0v) is 16.9. The Morgan fingerprint density at radius 1 is 1.10 bits per heavy atom. The fourth-order valence-corrected chi connectivity index (χ4v) is 3.11. The third-order valence-corrected chi connectivity index (χ3v) is 4.41. The number of para-hydroxylation sites is 2. The zero-order chi connectivity index (χ0) is 20.8. The van der Waals surface area contributed by atoms with E-state index < -0.39 is 0 Å². The van der Waals surface area contributed by atoms with Gasteiger partial charge in [-0.15, -0.1) is 0 Å². The lowest BCUT2D eigenvalue weighted by atomic mass is 10.2. The molecule has 29 heavy (non-hydrogen) atoms. The van der Waals surface area contributed by atoms with Gasteiger partial charge in [0.25, 0.3) is 5.56 Å². The van der Waals surface area contributed by atoms with Gasteiger partial charge >= 0.3 is 0 Å². The van der Waals surface area contributed by atoms with Crippen molar-refractivity contribution in [3.8, 4) is 11.5 Å². The Morgan fingerprint density at radius 3 is 2.62 bits per heavy atom. The Labute approximate surface area is 169 Å². The van der Waals surface area contributed by atoms with Crippen LogP contribution in [-0.4, -0.2) is 28.7 Å². The molecule has 0 atom stereocenters. The van der Waals surface area contributed by atoms with Gasteiger partial charge in [0.1, 0.15) is 17.2 Å². The molecule has 0 bridgehead atoms. The molecule has 0 aliphatic rings. The molecule has 1 heterocycles. The topological polar surface area (TPSA) is 82.5 Å². The first-order valence-corrected chi connectivity index (χ1v) is 9.69. The fourth-order valence-electron chi connectivity index (χ4n) is 3.11. The maximum Gasteiger partial charge on any atom is 0.272 e. The standard InChI is InChI=1S/C22H25N3O4/c1-4-28-16-10-11-20(29-5-2)18(14-16)24-21(26)12-13-25-19-9-7-6-8-17(19)23-15(3)22(25)27/h6-11,14H,4-5,12-13H2,1-3H3,(H,24,26). The number of aryl methyl sites for hydroxylation is 2. The molecule has 7 heteroatoms. The highest BCUT2D eigenvalue weighted by Gasteiger charge is 2.12. The number of carbonyl (C=O) groups excluding carboxylic acids is 1. The number of nitrogens with zero attached hydrogens (tertiary/aromatic N) is 2. The van der Waals surface area contributed by atoms with E-state index >= 15 is 0 Å². The van der Waals surface area contributed by atoms with Crippen molar-refractivity contribution in [1.29, 1.82) is 0 Å². The van der Waals surface area contributed by atoms with Crippen LogP contribution in [0, 0.1) is 6.92 Å². The van der Waals surface area contributed by atoms with Crippen LogP contribution in [0.15, 0.2) is 47.3 Å². The first kappa shape index (κ1) is 20.4. The lowest BCUT2D eigenvalue weighted by Gasteiger charge is -2.14. The average Bonchev–Trinajstić information content (AvgIpc) is 2.70. The molecule has 0 unspecified atom stereocenters. The number of hydrogen-bond donors (Lipinski definition) is 1. The number of fused-ring (bicyclic) bond motifs is 1. The number of ether oxygens (including phenoxy) is 2. The molecular weight excluding hydrogens is 370 g/mol. The molecule has 0 saturated heterocycles. The van der Waals surface area contributed by atoms with Gasteiger partial charge in [0, 0.05) is 19.0 Å². The summed E-state index contributed by atoms with van der Waals surface area (Å²) in [6.45, 7) is 6.72. The fraction of sp³-hybridized carbons (Fsp3) is 0.318. The van der Waals surface area contributed by atoms with Crippen molar-refractivity contribution in [3.05, 3.63) is 58.5 Å². The van der Waals surface area contributed by atoms with Crippen LogP contribution >= 0.6 is 0 Å². The SMILES string of the molecule is CCOc1ccc(OCC)c(NC(=O)CCn2c(=O)c(C)nc3ccccc32)c1. The van der Waals surface area contributed by atoms with Gasteiger partial charge in [0.05, 0.1) is 29.9 Å². The number of aromatic nitrogens is 2. The van der Waals surface area contributed by atoms with E-state index in [1.165, 1.54) is 0 Å². The number of amides is 1. The first-order valence-electron chi connectivity index (χ1n) is 9.69. The zero-order valence-electron chi connectivity index (χ0n) is 16.9. The van der Waals surface area contributed by atoms with E-state index in [0.29, 0.717) is 41.6 Å². The highest BCUT2D eigenvalue weighted by Crippen LogP contribution is 2.29. The van der Waals surface area contributed by atoms with Gasteiger partial charge in [0.2, 0.25) is 5.91 Å². The lowest BCUT2D eigenvalue weighted by Crippen LogP contribution is -2.26. The Morgan fingerprint density at radius 2 is 1.86 bits per heavy atom. The van der Waals surface area contributed by atoms with E-state index in [9.17, 15) is 9.59 Å². The first-order chi connectivity index (χ1) is 14.0. The summed E-state index contributed by atoms with van der Waals surface area (Å²) in [5.41, 5.74) is 2.21. The van der Waals surface area contributed by atoms with Gasteiger partial charge in [-0.2, -0.15) is 0 Å². The Kier molecular flexibility index (Phi) is 6.49. The second-order valence-corrected chi connectivity index (χ2v) is 6.46. The summed E-state index contributed by atoms with van der Waals surface area (Å²) in [7, 11) is 0. The molecule has 3 rings (SSSR count). The minimum Gasteiger partial charge on any atom is -0.494 e. The summed E-state index contributed by atoms with van der Waals surface area (Å²) >= 11 is 0. The van der Waals surface area contributed by atoms with Crippen molar-refractivity contribution >= 4 is 22.6 Å². The van der Waals surface area contributed by atoms with Gasteiger partial charge < -0.3 is 19.4 Å². The maximum absolute atomic E-state index is 12.6. The maximum atomic E-state index is 12.6. The number of carbonyl (C=O) groups is 1. The molecule has 7 nitrogen and oxygen atoms in total. The van der Waals surface area contributed by atoms with Crippen LogP contribution in [0.5, 0.6) is 11.5 Å². The smallest absolute Gasteiger partial charge is 0.272 e. The van der Waals surface area contributed by atoms with Crippen molar-refractivity contribution in [2.45, 2.75) is 33.7 Å². The molecule has 1 aromatic heterocycles. The van der Waals surface area contributed by atoms with Crippen LogP contribution in [0.2, 0.25) is 0 Å². The van der Waals surface area contributed by atoms with Crippen molar-refractivity contribution < 1.29 is 14.3 Å². The second kappa shape index (κ2) is 9.23. The molecule has 0 saturated carbocycles. The van der Waals surface area contributed by atoms with Crippen LogP contribution in [0.3, 0.4) is 0 Å². The summed E-state index contributed by atoms with van der Waals surface area (Å²) < 4.78 is 12.7. The second-order valence-electron chi connectivity index (χ2n) is 6.46. The minimum absolute atomic E-state index is 0.137. The molecule has 0 radical (unpaired) electrons. The molecular formula is C22H25N3O4. The van der Waals surface area contributed by atoms with Crippen LogP contribution in [-0.2, 0) is 11.3 Å². The Balaban J connectivity index is 1.79. The molecule has 2 aromatic carbocycles. The summed E-state index contributed by atoms with van der Waals surface area (Å²) in [5, 5.41) is 2.87. The molecule has 0 aliphatic heterocycles. The van der Waals surface area contributed by atoms with E-state index in [4.69, 9.17) is 9.47 Å². The Hall–Kier alpha value is -3.35. The van der Waals surface area contributed by atoms with Crippen LogP contribution in [0.1, 0.15) is 26.0 Å². The molecule has 1 N–H and O–H groups in total. The van der Waals surface area contributed by atoms with E-state index in [0.717, 1.165) is 5.52 Å². The third-order valence-electron chi connectivity index (χ3n) is 4.41. The highest BCUT2D eigenvalue weighted by molar-refractivity contribution is 5.92. The van der Waals surface area contributed by atoms with Gasteiger partial charge in [-0.3, -0.25) is 9.59 Å². The van der Waals surface area contributed by atoms with Crippen LogP contribution in [0.4, 0.5) is 5.69 Å². The van der Waals surface area contributed by atoms with Crippen molar-refractivity contribution in [1.82, 2.24) is 9.55 Å². The number of benzene rings is 2. The predicted molar refractivity (Wildman–Crippen MR) is 113 cm³/mol. The van der Waals surface area contributed by atoms with Crippen molar-refractivity contribution in [2.75, 3.05) is 18.5 Å². The quantitative estimate of drug-likeness (QED) is 0.631. The van der Waals surface area contributed by atoms with Crippen molar-refractivity contribution in [3.63, 3.8) is 0 Å². The van der Waals surface area contributed by atoms with Gasteiger partial charge in [-0.05, 0) is 45.0 Å². The molecule has 1 amide bonds. The van der Waals surface area contributed by atoms with Gasteiger partial charge in [-0.1, -0.05) is 12.1 Å². The summed E-state index contributed by atoms with van der Waals surface area (Å²) in [4.78, 5) is 29.5. The monoisotopic (exact) mass is 395 g/mol. The number of nitrogens with one attached hydrogen (secondary N) is 1. The average molecular weight is 395 g/mol. The molecule has 0 aliphatic carbocycles. The number of anilines is 1. The van der Waals surface area contributed by atoms with E-state index in [-0.39, 0.29) is 24.4 Å². The minimum atomic E-state index is -0.218.